The fraction of sp³-hybridized carbons (Fsp3) is 0.200. The van der Waals surface area contributed by atoms with E-state index < -0.39 is 35.8 Å². The monoisotopic (exact) mass is 286 g/mol. The highest BCUT2D eigenvalue weighted by molar-refractivity contribution is 5.94. The first-order chi connectivity index (χ1) is 9.24. The van der Waals surface area contributed by atoms with Gasteiger partial charge in [-0.25, -0.2) is 19.2 Å². The smallest absolute Gasteiger partial charge is 0.386 e. The van der Waals surface area contributed by atoms with Gasteiger partial charge in [0, 0.05) is 24.3 Å². The van der Waals surface area contributed by atoms with Gasteiger partial charge in [-0.2, -0.15) is 0 Å². The Morgan fingerprint density at radius 1 is 0.600 bits per heavy atom. The van der Waals surface area contributed by atoms with Crippen LogP contribution in [0.25, 0.3) is 0 Å². The van der Waals surface area contributed by atoms with Crippen LogP contribution in [0.3, 0.4) is 0 Å². The van der Waals surface area contributed by atoms with Gasteiger partial charge in [-0.3, -0.25) is 0 Å². The van der Waals surface area contributed by atoms with E-state index >= 15 is 0 Å². The lowest BCUT2D eigenvalue weighted by Gasteiger charge is -2.35. The second-order valence-electron chi connectivity index (χ2n) is 3.51. The number of hydrogen-bond donors (Lipinski definition) is 2. The van der Waals surface area contributed by atoms with Crippen molar-refractivity contribution >= 4 is 23.9 Å². The molecule has 10 heteroatoms. The molecular formula is C10H6O10. The quantitative estimate of drug-likeness (QED) is 0.499. The van der Waals surface area contributed by atoms with Gasteiger partial charge in [0.1, 0.15) is 0 Å². The maximum Gasteiger partial charge on any atom is 0.488 e. The molecule has 20 heavy (non-hydrogen) atoms. The lowest BCUT2D eigenvalue weighted by molar-refractivity contribution is -0.500. The van der Waals surface area contributed by atoms with Crippen molar-refractivity contribution in [1.29, 1.82) is 0 Å². The van der Waals surface area contributed by atoms with Gasteiger partial charge in [0.15, 0.2) is 0 Å². The van der Waals surface area contributed by atoms with Gasteiger partial charge in [0.25, 0.3) is 0 Å². The molecule has 0 aromatic rings. The zero-order chi connectivity index (χ0) is 15.0. The van der Waals surface area contributed by atoms with E-state index in [1.54, 1.807) is 0 Å². The van der Waals surface area contributed by atoms with Crippen LogP contribution < -0.4 is 0 Å². The molecule has 0 aliphatic carbocycles. The number of cyclic esters (lactones) is 4. The Labute approximate surface area is 109 Å². The van der Waals surface area contributed by atoms with Crippen molar-refractivity contribution in [1.82, 2.24) is 0 Å². The molecule has 0 fully saturated rings. The number of esters is 4. The molecule has 106 valence electrons. The normalized spacial score (nSPS) is 23.9. The minimum Gasteiger partial charge on any atom is -0.386 e. The molecule has 0 unspecified atom stereocenters. The van der Waals surface area contributed by atoms with E-state index in [-0.39, 0.29) is 0 Å². The van der Waals surface area contributed by atoms with Crippen LogP contribution in [0.5, 0.6) is 0 Å². The number of hydrogen-bond acceptors (Lipinski definition) is 10. The molecular weight excluding hydrogens is 280 g/mol. The number of carbonyl (C=O) groups excluding carboxylic acids is 4. The predicted octanol–water partition coefficient (Wildman–Crippen LogP) is -2.41. The Hall–Kier alpha value is -2.72. The highest BCUT2D eigenvalue weighted by atomic mass is 16.9. The van der Waals surface area contributed by atoms with Gasteiger partial charge in [-0.05, 0) is 0 Å². The van der Waals surface area contributed by atoms with Crippen LogP contribution in [0.4, 0.5) is 0 Å². The summed E-state index contributed by atoms with van der Waals surface area (Å²) in [5.74, 6) is -12.4. The van der Waals surface area contributed by atoms with Crippen molar-refractivity contribution in [2.45, 2.75) is 11.9 Å². The molecule has 0 saturated carbocycles. The van der Waals surface area contributed by atoms with E-state index in [4.69, 9.17) is 0 Å². The lowest BCUT2D eigenvalue weighted by Crippen LogP contribution is -2.62. The van der Waals surface area contributed by atoms with Gasteiger partial charge in [-0.1, -0.05) is 0 Å². The van der Waals surface area contributed by atoms with Crippen molar-refractivity contribution in [3.8, 4) is 0 Å². The molecule has 2 aliphatic heterocycles. The maximum atomic E-state index is 11.2. The number of carbonyl (C=O) groups is 4. The Morgan fingerprint density at radius 3 is 1.00 bits per heavy atom. The minimum absolute atomic E-state index is 0.572. The zero-order valence-corrected chi connectivity index (χ0v) is 9.47. The number of aliphatic hydroxyl groups is 2. The third kappa shape index (κ3) is 2.37. The summed E-state index contributed by atoms with van der Waals surface area (Å²) in [4.78, 5) is 44.7. The van der Waals surface area contributed by atoms with Crippen LogP contribution in [0.1, 0.15) is 0 Å². The Kier molecular flexibility index (Phi) is 3.04. The molecule has 0 amide bonds. The molecule has 10 nitrogen and oxygen atoms in total. The summed E-state index contributed by atoms with van der Waals surface area (Å²) in [5, 5.41) is 19.8. The van der Waals surface area contributed by atoms with Crippen LogP contribution in [0, 0.1) is 0 Å². The summed E-state index contributed by atoms with van der Waals surface area (Å²) in [6, 6.07) is 0. The van der Waals surface area contributed by atoms with E-state index in [0.29, 0.717) is 24.3 Å². The first kappa shape index (κ1) is 13.7. The van der Waals surface area contributed by atoms with Crippen molar-refractivity contribution < 1.29 is 48.3 Å². The lowest BCUT2D eigenvalue weighted by atomic mass is 10.4. The summed E-state index contributed by atoms with van der Waals surface area (Å²) in [5.41, 5.74) is 0. The highest BCUT2D eigenvalue weighted by Crippen LogP contribution is 2.31. The van der Waals surface area contributed by atoms with Gasteiger partial charge < -0.3 is 29.2 Å². The third-order valence-electron chi connectivity index (χ3n) is 2.07. The van der Waals surface area contributed by atoms with Crippen molar-refractivity contribution in [2.75, 3.05) is 0 Å². The summed E-state index contributed by atoms with van der Waals surface area (Å²) < 4.78 is 16.9. The van der Waals surface area contributed by atoms with Gasteiger partial charge in [-0.15, -0.1) is 0 Å². The zero-order valence-electron chi connectivity index (χ0n) is 9.47. The summed E-state index contributed by atoms with van der Waals surface area (Å²) >= 11 is 0. The van der Waals surface area contributed by atoms with Crippen molar-refractivity contribution in [3.63, 3.8) is 0 Å². The standard InChI is InChI=1S/C10H6O10/c11-5-1-2-6(12)18-9(15,17-5)10(16)19-7(13)3-4-8(14)20-10/h1-4,15-16H. The summed E-state index contributed by atoms with van der Waals surface area (Å²) in [6.45, 7) is 0. The Bertz CT molecular complexity index is 466. The fourth-order valence-electron chi connectivity index (χ4n) is 1.25. The molecule has 0 aromatic carbocycles. The summed E-state index contributed by atoms with van der Waals surface area (Å²) in [7, 11) is 0. The predicted molar refractivity (Wildman–Crippen MR) is 52.5 cm³/mol. The molecule has 0 radical (unpaired) electrons. The van der Waals surface area contributed by atoms with E-state index in [1.807, 2.05) is 0 Å². The average Bonchev–Trinajstić information content (AvgIpc) is 2.54. The molecule has 0 bridgehead atoms. The van der Waals surface area contributed by atoms with Gasteiger partial charge >= 0.3 is 35.8 Å². The number of ether oxygens (including phenoxy) is 4. The largest absolute Gasteiger partial charge is 0.488 e. The van der Waals surface area contributed by atoms with Crippen molar-refractivity contribution in [2.24, 2.45) is 0 Å². The average molecular weight is 286 g/mol. The first-order valence-corrected chi connectivity index (χ1v) is 4.97. The van der Waals surface area contributed by atoms with E-state index in [2.05, 4.69) is 18.9 Å². The Morgan fingerprint density at radius 2 is 0.800 bits per heavy atom. The van der Waals surface area contributed by atoms with Gasteiger partial charge in [0.05, 0.1) is 0 Å². The van der Waals surface area contributed by atoms with Crippen LogP contribution in [0.15, 0.2) is 24.3 Å². The second kappa shape index (κ2) is 4.43. The fourth-order valence-corrected chi connectivity index (χ4v) is 1.25. The highest BCUT2D eigenvalue weighted by Gasteiger charge is 2.66. The molecule has 2 N–H and O–H groups in total. The maximum absolute atomic E-state index is 11.2. The van der Waals surface area contributed by atoms with E-state index in [9.17, 15) is 29.4 Å². The van der Waals surface area contributed by atoms with Crippen LogP contribution in [0.2, 0.25) is 0 Å². The van der Waals surface area contributed by atoms with Crippen LogP contribution in [-0.4, -0.2) is 46.0 Å². The Balaban J connectivity index is 2.40. The SMILES string of the molecule is O=C1C=CC(=O)OC(O)(C2(O)OC(=O)C=CC(=O)O2)O1. The molecule has 2 rings (SSSR count). The van der Waals surface area contributed by atoms with E-state index in [1.165, 1.54) is 0 Å². The van der Waals surface area contributed by atoms with Gasteiger partial charge in [0.2, 0.25) is 0 Å². The van der Waals surface area contributed by atoms with Crippen LogP contribution >= 0.6 is 0 Å². The molecule has 0 spiro atoms. The molecule has 0 aromatic heterocycles. The molecule has 2 aliphatic rings. The van der Waals surface area contributed by atoms with E-state index in [0.717, 1.165) is 0 Å². The molecule has 0 saturated heterocycles. The van der Waals surface area contributed by atoms with Crippen LogP contribution in [-0.2, 0) is 38.1 Å². The number of rotatable bonds is 1. The minimum atomic E-state index is -3.57. The summed E-state index contributed by atoms with van der Waals surface area (Å²) in [6.07, 6.45) is 2.29. The third-order valence-corrected chi connectivity index (χ3v) is 2.07. The topological polar surface area (TPSA) is 146 Å². The molecule has 0 atom stereocenters. The van der Waals surface area contributed by atoms with Crippen molar-refractivity contribution in [3.05, 3.63) is 24.3 Å². The second-order valence-corrected chi connectivity index (χ2v) is 3.51. The first-order valence-electron chi connectivity index (χ1n) is 4.97. The molecule has 2 heterocycles.